The molecule has 0 radical (unpaired) electrons. The Labute approximate surface area is 96.5 Å². The van der Waals surface area contributed by atoms with Gasteiger partial charge in [0.25, 0.3) is 0 Å². The highest BCUT2D eigenvalue weighted by Crippen LogP contribution is 2.47. The summed E-state index contributed by atoms with van der Waals surface area (Å²) in [5.74, 6) is 0.229. The molecule has 1 saturated carbocycles. The zero-order valence-electron chi connectivity index (χ0n) is 9.89. The van der Waals surface area contributed by atoms with Gasteiger partial charge in [-0.25, -0.2) is 0 Å². The Morgan fingerprint density at radius 3 is 2.69 bits per heavy atom. The van der Waals surface area contributed by atoms with E-state index >= 15 is 0 Å². The first-order valence-electron chi connectivity index (χ1n) is 6.02. The van der Waals surface area contributed by atoms with Crippen molar-refractivity contribution in [2.75, 3.05) is 13.2 Å². The van der Waals surface area contributed by atoms with Crippen molar-refractivity contribution < 1.29 is 5.11 Å². The van der Waals surface area contributed by atoms with E-state index in [9.17, 15) is 5.11 Å². The van der Waals surface area contributed by atoms with Crippen molar-refractivity contribution in [1.82, 2.24) is 9.78 Å². The molecule has 1 atom stereocenters. The predicted molar refractivity (Wildman–Crippen MR) is 63.0 cm³/mol. The lowest BCUT2D eigenvalue weighted by atomic mass is 9.73. The van der Waals surface area contributed by atoms with Crippen LogP contribution in [-0.2, 0) is 7.05 Å². The van der Waals surface area contributed by atoms with Crippen molar-refractivity contribution in [3.05, 3.63) is 18.0 Å². The molecule has 0 aromatic carbocycles. The lowest BCUT2D eigenvalue weighted by molar-refractivity contribution is 0.0995. The van der Waals surface area contributed by atoms with E-state index in [1.54, 1.807) is 6.20 Å². The number of nitrogens with two attached hydrogens (primary N) is 1. The minimum atomic E-state index is -0.0114. The van der Waals surface area contributed by atoms with Gasteiger partial charge in [-0.05, 0) is 18.9 Å². The van der Waals surface area contributed by atoms with Crippen LogP contribution in [0.5, 0.6) is 0 Å². The molecular weight excluding hydrogens is 202 g/mol. The zero-order chi connectivity index (χ0) is 11.6. The van der Waals surface area contributed by atoms with E-state index in [1.807, 2.05) is 17.8 Å². The smallest absolute Gasteiger partial charge is 0.0494 e. The number of aliphatic hydroxyl groups excluding tert-OH is 1. The van der Waals surface area contributed by atoms with Crippen LogP contribution in [0.25, 0.3) is 0 Å². The predicted octanol–water partition coefficient (Wildman–Crippen LogP) is 1.02. The Morgan fingerprint density at radius 1 is 1.56 bits per heavy atom. The number of hydrogen-bond acceptors (Lipinski definition) is 3. The Morgan fingerprint density at radius 2 is 2.25 bits per heavy atom. The molecule has 1 heterocycles. The Kier molecular flexibility index (Phi) is 3.30. The van der Waals surface area contributed by atoms with Crippen LogP contribution in [0.15, 0.2) is 12.3 Å². The monoisotopic (exact) mass is 223 g/mol. The lowest BCUT2D eigenvalue weighted by Crippen LogP contribution is -2.35. The van der Waals surface area contributed by atoms with Crippen LogP contribution < -0.4 is 5.73 Å². The third kappa shape index (κ3) is 1.76. The maximum atomic E-state index is 9.72. The molecule has 1 fully saturated rings. The van der Waals surface area contributed by atoms with Crippen LogP contribution in [0, 0.1) is 5.41 Å². The molecule has 0 amide bonds. The largest absolute Gasteiger partial charge is 0.396 e. The molecule has 2 rings (SSSR count). The van der Waals surface area contributed by atoms with Crippen molar-refractivity contribution in [2.24, 2.45) is 18.2 Å². The average molecular weight is 223 g/mol. The summed E-state index contributed by atoms with van der Waals surface area (Å²) in [5.41, 5.74) is 7.06. The van der Waals surface area contributed by atoms with Crippen LogP contribution in [0.1, 0.15) is 37.3 Å². The minimum Gasteiger partial charge on any atom is -0.396 e. The summed E-state index contributed by atoms with van der Waals surface area (Å²) >= 11 is 0. The average Bonchev–Trinajstić information content (AvgIpc) is 2.91. The molecule has 4 nitrogen and oxygen atoms in total. The van der Waals surface area contributed by atoms with Crippen molar-refractivity contribution in [3.8, 4) is 0 Å². The number of aromatic nitrogens is 2. The zero-order valence-corrected chi connectivity index (χ0v) is 9.89. The lowest BCUT2D eigenvalue weighted by Gasteiger charge is -2.35. The fraction of sp³-hybridized carbons (Fsp3) is 0.750. The first kappa shape index (κ1) is 11.6. The van der Waals surface area contributed by atoms with E-state index in [0.717, 1.165) is 18.5 Å². The summed E-state index contributed by atoms with van der Waals surface area (Å²) in [6.07, 6.45) is 6.37. The molecule has 1 aromatic rings. The number of aryl methyl sites for hydroxylation is 1. The van der Waals surface area contributed by atoms with E-state index < -0.39 is 0 Å². The van der Waals surface area contributed by atoms with Gasteiger partial charge in [0.2, 0.25) is 0 Å². The number of aliphatic hydroxyl groups is 1. The molecule has 0 unspecified atom stereocenters. The third-order valence-corrected chi connectivity index (χ3v) is 4.10. The summed E-state index contributed by atoms with van der Waals surface area (Å²) < 4.78 is 1.88. The van der Waals surface area contributed by atoms with Gasteiger partial charge in [0.1, 0.15) is 0 Å². The Hall–Kier alpha value is -0.870. The van der Waals surface area contributed by atoms with Gasteiger partial charge in [0.15, 0.2) is 0 Å². The SMILES string of the molecule is Cn1nccc1[C@H](CN)C1(CO)CCCC1. The van der Waals surface area contributed by atoms with Gasteiger partial charge >= 0.3 is 0 Å². The number of rotatable bonds is 4. The second-order valence-electron chi connectivity index (χ2n) is 4.90. The molecule has 3 N–H and O–H groups in total. The van der Waals surface area contributed by atoms with Crippen LogP contribution in [0.4, 0.5) is 0 Å². The fourth-order valence-corrected chi connectivity index (χ4v) is 3.11. The molecule has 0 saturated heterocycles. The van der Waals surface area contributed by atoms with Crippen LogP contribution >= 0.6 is 0 Å². The second kappa shape index (κ2) is 4.55. The summed E-state index contributed by atoms with van der Waals surface area (Å²) in [4.78, 5) is 0. The third-order valence-electron chi connectivity index (χ3n) is 4.10. The van der Waals surface area contributed by atoms with Gasteiger partial charge in [-0.1, -0.05) is 12.8 Å². The molecule has 0 spiro atoms. The van der Waals surface area contributed by atoms with Gasteiger partial charge in [0.05, 0.1) is 0 Å². The van der Waals surface area contributed by atoms with E-state index in [0.29, 0.717) is 6.54 Å². The van der Waals surface area contributed by atoms with E-state index in [1.165, 1.54) is 12.8 Å². The van der Waals surface area contributed by atoms with Crippen molar-refractivity contribution in [1.29, 1.82) is 0 Å². The number of nitrogens with zero attached hydrogens (tertiary/aromatic N) is 2. The van der Waals surface area contributed by atoms with Gasteiger partial charge in [0, 0.05) is 43.4 Å². The molecule has 16 heavy (non-hydrogen) atoms. The normalized spacial score (nSPS) is 21.2. The highest BCUT2D eigenvalue weighted by atomic mass is 16.3. The molecule has 4 heteroatoms. The van der Waals surface area contributed by atoms with Crippen molar-refractivity contribution >= 4 is 0 Å². The van der Waals surface area contributed by atoms with E-state index in [2.05, 4.69) is 5.10 Å². The number of hydrogen-bond donors (Lipinski definition) is 2. The molecular formula is C12H21N3O. The Balaban J connectivity index is 2.31. The van der Waals surface area contributed by atoms with Crippen molar-refractivity contribution in [2.45, 2.75) is 31.6 Å². The summed E-state index contributed by atoms with van der Waals surface area (Å²) in [6, 6.07) is 2.02. The first-order valence-corrected chi connectivity index (χ1v) is 6.02. The first-order chi connectivity index (χ1) is 7.73. The van der Waals surface area contributed by atoms with E-state index in [-0.39, 0.29) is 17.9 Å². The van der Waals surface area contributed by atoms with Crippen LogP contribution in [0.3, 0.4) is 0 Å². The van der Waals surface area contributed by atoms with Crippen molar-refractivity contribution in [3.63, 3.8) is 0 Å². The van der Waals surface area contributed by atoms with E-state index in [4.69, 9.17) is 5.73 Å². The molecule has 90 valence electrons. The maximum Gasteiger partial charge on any atom is 0.0494 e. The summed E-state index contributed by atoms with van der Waals surface area (Å²) in [6.45, 7) is 0.820. The standard InChI is InChI=1S/C12H21N3O/c1-15-11(4-7-14-15)10(8-13)12(9-16)5-2-3-6-12/h4,7,10,16H,2-3,5-6,8-9,13H2,1H3/t10-/m0/s1. The summed E-state index contributed by atoms with van der Waals surface area (Å²) in [7, 11) is 1.94. The molecule has 0 aliphatic heterocycles. The molecule has 1 aromatic heterocycles. The maximum absolute atomic E-state index is 9.72. The van der Waals surface area contributed by atoms with Gasteiger partial charge in [-0.3, -0.25) is 4.68 Å². The second-order valence-corrected chi connectivity index (χ2v) is 4.90. The molecule has 0 bridgehead atoms. The van der Waals surface area contributed by atoms with Crippen LogP contribution in [0.2, 0.25) is 0 Å². The van der Waals surface area contributed by atoms with Gasteiger partial charge < -0.3 is 10.8 Å². The van der Waals surface area contributed by atoms with Gasteiger partial charge in [-0.2, -0.15) is 5.10 Å². The topological polar surface area (TPSA) is 64.1 Å². The molecule has 1 aliphatic rings. The fourth-order valence-electron chi connectivity index (χ4n) is 3.11. The highest BCUT2D eigenvalue weighted by molar-refractivity contribution is 5.14. The summed E-state index contributed by atoms with van der Waals surface area (Å²) in [5, 5.41) is 13.9. The van der Waals surface area contributed by atoms with Crippen LogP contribution in [-0.4, -0.2) is 28.0 Å². The quantitative estimate of drug-likeness (QED) is 0.801. The highest BCUT2D eigenvalue weighted by Gasteiger charge is 2.41. The van der Waals surface area contributed by atoms with Gasteiger partial charge in [-0.15, -0.1) is 0 Å². The Bertz CT molecular complexity index is 342. The molecule has 1 aliphatic carbocycles. The minimum absolute atomic E-state index is 0.0114.